The van der Waals surface area contributed by atoms with Crippen LogP contribution in [0.5, 0.6) is 0 Å². The van der Waals surface area contributed by atoms with Crippen molar-refractivity contribution in [3.63, 3.8) is 0 Å². The average Bonchev–Trinajstić information content (AvgIpc) is 2.92. The van der Waals surface area contributed by atoms with Gasteiger partial charge in [-0.2, -0.15) is 0 Å². The molecule has 3 amide bonds. The van der Waals surface area contributed by atoms with Crippen LogP contribution in [0, 0.1) is 0 Å². The molecule has 2 aromatic carbocycles. The first-order chi connectivity index (χ1) is 12.9. The third-order valence-electron chi connectivity index (χ3n) is 4.03. The zero-order chi connectivity index (χ0) is 19.6. The number of imide groups is 1. The number of anilines is 1. The van der Waals surface area contributed by atoms with Gasteiger partial charge in [0.15, 0.2) is 6.61 Å². The Kier molecular flexibility index (Phi) is 5.36. The van der Waals surface area contributed by atoms with E-state index in [0.29, 0.717) is 5.69 Å². The van der Waals surface area contributed by atoms with E-state index in [1.165, 1.54) is 19.1 Å². The maximum Gasteiger partial charge on any atom is 0.329 e. The van der Waals surface area contributed by atoms with Gasteiger partial charge in [0.25, 0.3) is 17.7 Å². The standard InChI is InChI=1S/C19H15BrN2O5/c1-11(22-17(24)14-4-2-3-5-15(14)18(22)25)19(26)27-10-16(23)21-13-8-6-12(20)7-9-13/h2-9,11H,10H2,1H3,(H,21,23). The molecule has 1 N–H and O–H groups in total. The summed E-state index contributed by atoms with van der Waals surface area (Å²) in [6.07, 6.45) is 0. The highest BCUT2D eigenvalue weighted by atomic mass is 79.9. The minimum atomic E-state index is -1.14. The van der Waals surface area contributed by atoms with Crippen LogP contribution in [0.3, 0.4) is 0 Å². The van der Waals surface area contributed by atoms with Crippen LogP contribution in [0.1, 0.15) is 27.6 Å². The molecule has 8 heteroatoms. The molecule has 0 spiro atoms. The number of ether oxygens (including phenoxy) is 1. The van der Waals surface area contributed by atoms with Crippen LogP contribution in [0.15, 0.2) is 53.0 Å². The minimum absolute atomic E-state index is 0.245. The molecule has 138 valence electrons. The van der Waals surface area contributed by atoms with E-state index < -0.39 is 36.3 Å². The molecule has 0 saturated carbocycles. The molecule has 1 aliphatic rings. The average molecular weight is 431 g/mol. The Labute approximate surface area is 163 Å². The third kappa shape index (κ3) is 3.90. The van der Waals surface area contributed by atoms with Gasteiger partial charge in [0, 0.05) is 10.2 Å². The summed E-state index contributed by atoms with van der Waals surface area (Å²) >= 11 is 3.29. The van der Waals surface area contributed by atoms with Gasteiger partial charge in [-0.1, -0.05) is 28.1 Å². The number of carbonyl (C=O) groups excluding carboxylic acids is 4. The highest BCUT2D eigenvalue weighted by Crippen LogP contribution is 2.24. The summed E-state index contributed by atoms with van der Waals surface area (Å²) in [6, 6.07) is 12.1. The summed E-state index contributed by atoms with van der Waals surface area (Å²) in [7, 11) is 0. The molecule has 1 atom stereocenters. The van der Waals surface area contributed by atoms with Crippen LogP contribution < -0.4 is 5.32 Å². The first-order valence-corrected chi connectivity index (χ1v) is 8.86. The fourth-order valence-corrected chi connectivity index (χ4v) is 2.92. The van der Waals surface area contributed by atoms with Crippen LogP contribution in [0.2, 0.25) is 0 Å². The first-order valence-electron chi connectivity index (χ1n) is 8.07. The second-order valence-corrected chi connectivity index (χ2v) is 6.78. The summed E-state index contributed by atoms with van der Waals surface area (Å²) < 4.78 is 5.83. The molecule has 0 bridgehead atoms. The zero-order valence-electron chi connectivity index (χ0n) is 14.3. The topological polar surface area (TPSA) is 92.8 Å². The quantitative estimate of drug-likeness (QED) is 0.581. The van der Waals surface area contributed by atoms with Crippen molar-refractivity contribution in [1.29, 1.82) is 0 Å². The Bertz CT molecular complexity index is 891. The lowest BCUT2D eigenvalue weighted by atomic mass is 10.1. The van der Waals surface area contributed by atoms with Crippen molar-refractivity contribution in [1.82, 2.24) is 4.90 Å². The zero-order valence-corrected chi connectivity index (χ0v) is 15.9. The van der Waals surface area contributed by atoms with Gasteiger partial charge >= 0.3 is 5.97 Å². The molecule has 1 unspecified atom stereocenters. The summed E-state index contributed by atoms with van der Waals surface area (Å²) in [5, 5.41) is 2.58. The number of rotatable bonds is 5. The van der Waals surface area contributed by atoms with Gasteiger partial charge in [-0.15, -0.1) is 0 Å². The Hall–Kier alpha value is -3.00. The Morgan fingerprint density at radius 2 is 1.59 bits per heavy atom. The largest absolute Gasteiger partial charge is 0.454 e. The smallest absolute Gasteiger partial charge is 0.329 e. The van der Waals surface area contributed by atoms with E-state index in [9.17, 15) is 19.2 Å². The minimum Gasteiger partial charge on any atom is -0.454 e. The van der Waals surface area contributed by atoms with E-state index in [1.807, 2.05) is 0 Å². The summed E-state index contributed by atoms with van der Waals surface area (Å²) in [5.41, 5.74) is 1.04. The molecule has 1 aliphatic heterocycles. The number of amides is 3. The molecular formula is C19H15BrN2O5. The number of carbonyl (C=O) groups is 4. The number of nitrogens with one attached hydrogen (secondary N) is 1. The normalized spacial score (nSPS) is 13.9. The van der Waals surface area contributed by atoms with E-state index in [2.05, 4.69) is 21.2 Å². The molecule has 0 aromatic heterocycles. The number of fused-ring (bicyclic) bond motifs is 1. The van der Waals surface area contributed by atoms with Gasteiger partial charge in [-0.05, 0) is 43.3 Å². The molecule has 3 rings (SSSR count). The lowest BCUT2D eigenvalue weighted by molar-refractivity contribution is -0.150. The van der Waals surface area contributed by atoms with E-state index in [-0.39, 0.29) is 11.1 Å². The first kappa shape index (κ1) is 18.8. The molecule has 0 saturated heterocycles. The fourth-order valence-electron chi connectivity index (χ4n) is 2.65. The van der Waals surface area contributed by atoms with Gasteiger partial charge in [-0.3, -0.25) is 19.3 Å². The number of benzene rings is 2. The second-order valence-electron chi connectivity index (χ2n) is 5.86. The van der Waals surface area contributed by atoms with Crippen LogP contribution >= 0.6 is 15.9 Å². The second kappa shape index (κ2) is 7.71. The monoisotopic (exact) mass is 430 g/mol. The third-order valence-corrected chi connectivity index (χ3v) is 4.56. The van der Waals surface area contributed by atoms with Gasteiger partial charge in [0.2, 0.25) is 0 Å². The Morgan fingerprint density at radius 1 is 1.04 bits per heavy atom. The summed E-state index contributed by atoms with van der Waals surface area (Å²) in [6.45, 7) is 0.860. The predicted molar refractivity (Wildman–Crippen MR) is 100 cm³/mol. The molecule has 0 radical (unpaired) electrons. The van der Waals surface area contributed by atoms with Crippen LogP contribution in [-0.4, -0.2) is 41.2 Å². The van der Waals surface area contributed by atoms with E-state index in [0.717, 1.165) is 9.37 Å². The van der Waals surface area contributed by atoms with Gasteiger partial charge in [-0.25, -0.2) is 4.79 Å². The van der Waals surface area contributed by atoms with Crippen molar-refractivity contribution >= 4 is 45.3 Å². The number of esters is 1. The molecule has 27 heavy (non-hydrogen) atoms. The number of halogens is 1. The molecule has 2 aromatic rings. The number of nitrogens with zero attached hydrogens (tertiary/aromatic N) is 1. The van der Waals surface area contributed by atoms with Gasteiger partial charge in [0.1, 0.15) is 6.04 Å². The summed E-state index contributed by atoms with van der Waals surface area (Å²) in [5.74, 6) is -2.48. The SMILES string of the molecule is CC(C(=O)OCC(=O)Nc1ccc(Br)cc1)N1C(=O)c2ccccc2C1=O. The highest BCUT2D eigenvalue weighted by Gasteiger charge is 2.41. The number of hydrogen-bond donors (Lipinski definition) is 1. The van der Waals surface area contributed by atoms with Crippen molar-refractivity contribution in [3.05, 3.63) is 64.1 Å². The van der Waals surface area contributed by atoms with Crippen molar-refractivity contribution in [2.75, 3.05) is 11.9 Å². The van der Waals surface area contributed by atoms with Crippen LogP contribution in [-0.2, 0) is 14.3 Å². The molecule has 7 nitrogen and oxygen atoms in total. The Morgan fingerprint density at radius 3 is 2.15 bits per heavy atom. The van der Waals surface area contributed by atoms with Crippen molar-refractivity contribution in [2.45, 2.75) is 13.0 Å². The van der Waals surface area contributed by atoms with Crippen LogP contribution in [0.25, 0.3) is 0 Å². The highest BCUT2D eigenvalue weighted by molar-refractivity contribution is 9.10. The maximum absolute atomic E-state index is 12.4. The molecule has 0 aliphatic carbocycles. The van der Waals surface area contributed by atoms with E-state index in [1.54, 1.807) is 36.4 Å². The fraction of sp³-hybridized carbons (Fsp3) is 0.158. The van der Waals surface area contributed by atoms with Gasteiger partial charge < -0.3 is 10.1 Å². The lowest BCUT2D eigenvalue weighted by Crippen LogP contribution is -2.44. The van der Waals surface area contributed by atoms with Crippen molar-refractivity contribution in [2.24, 2.45) is 0 Å². The van der Waals surface area contributed by atoms with Gasteiger partial charge in [0.05, 0.1) is 11.1 Å². The number of hydrogen-bond acceptors (Lipinski definition) is 5. The maximum atomic E-state index is 12.4. The lowest BCUT2D eigenvalue weighted by Gasteiger charge is -2.20. The predicted octanol–water partition coefficient (Wildman–Crippen LogP) is 2.62. The Balaban J connectivity index is 1.58. The van der Waals surface area contributed by atoms with E-state index in [4.69, 9.17) is 4.74 Å². The molecular weight excluding hydrogens is 416 g/mol. The molecule has 1 heterocycles. The van der Waals surface area contributed by atoms with Crippen molar-refractivity contribution in [3.8, 4) is 0 Å². The summed E-state index contributed by atoms with van der Waals surface area (Å²) in [4.78, 5) is 49.7. The van der Waals surface area contributed by atoms with E-state index >= 15 is 0 Å². The van der Waals surface area contributed by atoms with Crippen molar-refractivity contribution < 1.29 is 23.9 Å². The molecule has 0 fully saturated rings. The van der Waals surface area contributed by atoms with Crippen LogP contribution in [0.4, 0.5) is 5.69 Å².